The minimum absolute atomic E-state index is 0.0929. The second kappa shape index (κ2) is 5.46. The second-order valence-electron chi connectivity index (χ2n) is 5.64. The summed E-state index contributed by atoms with van der Waals surface area (Å²) in [4.78, 5) is 25.1. The first-order valence-corrected chi connectivity index (χ1v) is 7.08. The van der Waals surface area contributed by atoms with Crippen molar-refractivity contribution >= 4 is 11.9 Å². The van der Waals surface area contributed by atoms with Crippen molar-refractivity contribution in [2.45, 2.75) is 37.6 Å². The maximum atomic E-state index is 12.6. The fourth-order valence-electron chi connectivity index (χ4n) is 3.12. The van der Waals surface area contributed by atoms with Crippen molar-refractivity contribution in [2.24, 2.45) is 0 Å². The monoisotopic (exact) mass is 290 g/mol. The van der Waals surface area contributed by atoms with Crippen LogP contribution in [0, 0.1) is 0 Å². The molecule has 2 heterocycles. The third kappa shape index (κ3) is 2.64. The molecule has 1 fully saturated rings. The molecule has 1 aromatic rings. The van der Waals surface area contributed by atoms with Crippen molar-refractivity contribution in [3.8, 4) is 0 Å². The van der Waals surface area contributed by atoms with Gasteiger partial charge in [0.05, 0.1) is 12.1 Å². The van der Waals surface area contributed by atoms with Crippen LogP contribution in [0.1, 0.15) is 17.5 Å². The van der Waals surface area contributed by atoms with Gasteiger partial charge >= 0.3 is 5.97 Å². The summed E-state index contributed by atoms with van der Waals surface area (Å²) in [5.74, 6) is -1.30. The fourth-order valence-corrected chi connectivity index (χ4v) is 3.12. The Morgan fingerprint density at radius 3 is 2.67 bits per heavy atom. The van der Waals surface area contributed by atoms with E-state index in [2.05, 4.69) is 5.32 Å². The number of hydrogen-bond acceptors (Lipinski definition) is 4. The van der Waals surface area contributed by atoms with E-state index < -0.39 is 24.2 Å². The number of aliphatic hydroxyl groups is 1. The number of benzene rings is 1. The molecule has 0 aliphatic carbocycles. The number of aliphatic hydroxyl groups excluding tert-OH is 1. The van der Waals surface area contributed by atoms with Crippen LogP contribution in [0.3, 0.4) is 0 Å². The van der Waals surface area contributed by atoms with E-state index in [1.807, 2.05) is 24.3 Å². The molecule has 1 saturated heterocycles. The molecule has 112 valence electrons. The maximum Gasteiger partial charge on any atom is 0.326 e. The second-order valence-corrected chi connectivity index (χ2v) is 5.64. The molecule has 3 rings (SSSR count). The van der Waals surface area contributed by atoms with Gasteiger partial charge in [-0.25, -0.2) is 4.79 Å². The first-order valence-electron chi connectivity index (χ1n) is 7.08. The van der Waals surface area contributed by atoms with Gasteiger partial charge in [-0.1, -0.05) is 24.3 Å². The number of rotatable bonds is 2. The number of carboxylic acid groups (broad SMARTS) is 1. The Morgan fingerprint density at radius 2 is 1.95 bits per heavy atom. The van der Waals surface area contributed by atoms with E-state index in [0.29, 0.717) is 13.0 Å². The van der Waals surface area contributed by atoms with Crippen LogP contribution in [0.5, 0.6) is 0 Å². The van der Waals surface area contributed by atoms with Gasteiger partial charge in [-0.2, -0.15) is 0 Å². The molecule has 1 amide bonds. The number of carbonyl (C=O) groups is 2. The van der Waals surface area contributed by atoms with E-state index in [9.17, 15) is 19.8 Å². The quantitative estimate of drug-likeness (QED) is 0.699. The largest absolute Gasteiger partial charge is 0.480 e. The van der Waals surface area contributed by atoms with Gasteiger partial charge in [0.15, 0.2) is 0 Å². The first kappa shape index (κ1) is 14.0. The summed E-state index contributed by atoms with van der Waals surface area (Å²) in [5, 5.41) is 22.0. The Labute approximate surface area is 122 Å². The SMILES string of the molecule is O=C(O)[C@@H]1C[C@H](O)CN1C(=O)C1Cc2ccccc2CN1. The van der Waals surface area contributed by atoms with Gasteiger partial charge in [-0.15, -0.1) is 0 Å². The summed E-state index contributed by atoms with van der Waals surface area (Å²) < 4.78 is 0. The lowest BCUT2D eigenvalue weighted by Gasteiger charge is -2.30. The molecule has 2 aliphatic heterocycles. The Balaban J connectivity index is 1.76. The number of amides is 1. The van der Waals surface area contributed by atoms with Crippen LogP contribution < -0.4 is 5.32 Å². The third-order valence-electron chi connectivity index (χ3n) is 4.23. The van der Waals surface area contributed by atoms with Crippen molar-refractivity contribution < 1.29 is 19.8 Å². The van der Waals surface area contributed by atoms with E-state index in [1.54, 1.807) is 0 Å². The smallest absolute Gasteiger partial charge is 0.326 e. The molecule has 3 N–H and O–H groups in total. The molecule has 0 aromatic heterocycles. The lowest BCUT2D eigenvalue weighted by Crippen LogP contribution is -2.52. The van der Waals surface area contributed by atoms with Crippen LogP contribution in [-0.4, -0.2) is 51.7 Å². The van der Waals surface area contributed by atoms with Crippen molar-refractivity contribution in [3.05, 3.63) is 35.4 Å². The predicted octanol–water partition coefficient (Wildman–Crippen LogP) is -0.253. The Bertz CT molecular complexity index is 575. The molecular weight excluding hydrogens is 272 g/mol. The first-order chi connectivity index (χ1) is 10.1. The normalized spacial score (nSPS) is 28.2. The van der Waals surface area contributed by atoms with Crippen LogP contribution >= 0.6 is 0 Å². The summed E-state index contributed by atoms with van der Waals surface area (Å²) in [6, 6.07) is 6.55. The van der Waals surface area contributed by atoms with E-state index in [-0.39, 0.29) is 18.9 Å². The summed E-state index contributed by atoms with van der Waals surface area (Å²) in [6.07, 6.45) is -0.107. The van der Waals surface area contributed by atoms with Crippen LogP contribution in [0.4, 0.5) is 0 Å². The van der Waals surface area contributed by atoms with Crippen LogP contribution in [0.15, 0.2) is 24.3 Å². The summed E-state index contributed by atoms with van der Waals surface area (Å²) in [6.45, 7) is 0.691. The molecule has 0 spiro atoms. The molecule has 0 bridgehead atoms. The molecule has 3 atom stereocenters. The standard InChI is InChI=1S/C15H18N2O4/c18-11-6-13(15(20)21)17(8-11)14(19)12-5-9-3-1-2-4-10(9)7-16-12/h1-4,11-13,16,18H,5-8H2,(H,20,21)/t11-,12?,13-/m0/s1. The number of aliphatic carboxylic acids is 1. The number of nitrogens with one attached hydrogen (secondary N) is 1. The zero-order valence-electron chi connectivity index (χ0n) is 11.5. The Hall–Kier alpha value is -1.92. The minimum Gasteiger partial charge on any atom is -0.480 e. The highest BCUT2D eigenvalue weighted by Crippen LogP contribution is 2.22. The fraction of sp³-hybridized carbons (Fsp3) is 0.467. The van der Waals surface area contributed by atoms with Crippen molar-refractivity contribution in [1.29, 1.82) is 0 Å². The van der Waals surface area contributed by atoms with Crippen molar-refractivity contribution in [1.82, 2.24) is 10.2 Å². The molecule has 6 heteroatoms. The number of hydrogen-bond donors (Lipinski definition) is 3. The molecule has 1 unspecified atom stereocenters. The van der Waals surface area contributed by atoms with Crippen molar-refractivity contribution in [3.63, 3.8) is 0 Å². The molecule has 21 heavy (non-hydrogen) atoms. The molecule has 0 radical (unpaired) electrons. The van der Waals surface area contributed by atoms with Crippen LogP contribution in [-0.2, 0) is 22.6 Å². The van der Waals surface area contributed by atoms with E-state index in [4.69, 9.17) is 0 Å². The zero-order valence-corrected chi connectivity index (χ0v) is 11.5. The summed E-state index contributed by atoms with van der Waals surface area (Å²) >= 11 is 0. The Kier molecular flexibility index (Phi) is 3.65. The van der Waals surface area contributed by atoms with Crippen LogP contribution in [0.25, 0.3) is 0 Å². The molecular formula is C15H18N2O4. The number of fused-ring (bicyclic) bond motifs is 1. The highest BCUT2D eigenvalue weighted by Gasteiger charge is 2.41. The van der Waals surface area contributed by atoms with E-state index in [0.717, 1.165) is 11.1 Å². The highest BCUT2D eigenvalue weighted by molar-refractivity contribution is 5.88. The number of carboxylic acids is 1. The average molecular weight is 290 g/mol. The maximum absolute atomic E-state index is 12.6. The van der Waals surface area contributed by atoms with Gasteiger partial charge < -0.3 is 20.4 Å². The van der Waals surface area contributed by atoms with Gasteiger partial charge in [-0.3, -0.25) is 4.79 Å². The van der Waals surface area contributed by atoms with E-state index >= 15 is 0 Å². The van der Waals surface area contributed by atoms with Crippen LogP contribution in [0.2, 0.25) is 0 Å². The Morgan fingerprint density at radius 1 is 1.24 bits per heavy atom. The predicted molar refractivity (Wildman–Crippen MR) is 74.5 cm³/mol. The third-order valence-corrected chi connectivity index (χ3v) is 4.23. The van der Waals surface area contributed by atoms with E-state index in [1.165, 1.54) is 4.90 Å². The summed E-state index contributed by atoms with van der Waals surface area (Å²) in [7, 11) is 0. The van der Waals surface area contributed by atoms with Gasteiger partial charge in [0.2, 0.25) is 5.91 Å². The number of nitrogens with zero attached hydrogens (tertiary/aromatic N) is 1. The van der Waals surface area contributed by atoms with Gasteiger partial charge in [0, 0.05) is 19.5 Å². The van der Waals surface area contributed by atoms with Gasteiger partial charge in [0.25, 0.3) is 0 Å². The minimum atomic E-state index is -1.06. The molecule has 6 nitrogen and oxygen atoms in total. The number of β-amino-alcohol motifs (C(OH)–C–C–N with tert-alkyl or cyclic N) is 1. The molecule has 1 aromatic carbocycles. The zero-order chi connectivity index (χ0) is 15.0. The average Bonchev–Trinajstić information content (AvgIpc) is 2.88. The number of likely N-dealkylation sites (tertiary alicyclic amines) is 1. The topological polar surface area (TPSA) is 89.9 Å². The lowest BCUT2D eigenvalue weighted by molar-refractivity contribution is -0.149. The lowest BCUT2D eigenvalue weighted by atomic mass is 9.95. The van der Waals surface area contributed by atoms with Gasteiger partial charge in [0.1, 0.15) is 6.04 Å². The number of carbonyl (C=O) groups excluding carboxylic acids is 1. The van der Waals surface area contributed by atoms with Crippen molar-refractivity contribution in [2.75, 3.05) is 6.54 Å². The summed E-state index contributed by atoms with van der Waals surface area (Å²) in [5.41, 5.74) is 2.28. The van der Waals surface area contributed by atoms with Gasteiger partial charge in [-0.05, 0) is 17.5 Å². The highest BCUT2D eigenvalue weighted by atomic mass is 16.4. The molecule has 0 saturated carbocycles. The molecule has 2 aliphatic rings.